The van der Waals surface area contributed by atoms with Gasteiger partial charge in [0.2, 0.25) is 0 Å². The Bertz CT molecular complexity index is 410. The molecule has 0 N–H and O–H groups in total. The van der Waals surface area contributed by atoms with Crippen molar-refractivity contribution in [3.63, 3.8) is 0 Å². The first kappa shape index (κ1) is 13.6. The van der Waals surface area contributed by atoms with Gasteiger partial charge in [-0.1, -0.05) is 31.9 Å². The van der Waals surface area contributed by atoms with Crippen LogP contribution in [0, 0.1) is 0 Å². The number of benzene rings is 1. The van der Waals surface area contributed by atoms with E-state index in [4.69, 9.17) is 9.31 Å². The summed E-state index contributed by atoms with van der Waals surface area (Å²) in [5, 5.41) is 0. The van der Waals surface area contributed by atoms with E-state index < -0.39 is 0 Å². The molecule has 1 heterocycles. The number of hydrogen-bond donors (Lipinski definition) is 0. The van der Waals surface area contributed by atoms with Crippen LogP contribution < -0.4 is 5.46 Å². The molecule has 0 saturated carbocycles. The van der Waals surface area contributed by atoms with Crippen LogP contribution in [0.25, 0.3) is 0 Å². The van der Waals surface area contributed by atoms with Gasteiger partial charge in [0, 0.05) is 8.95 Å². The van der Waals surface area contributed by atoms with E-state index in [1.807, 2.05) is 18.2 Å². The molecule has 0 unspecified atom stereocenters. The van der Waals surface area contributed by atoms with Crippen LogP contribution in [0.5, 0.6) is 0 Å². The van der Waals surface area contributed by atoms with Gasteiger partial charge in [-0.25, -0.2) is 0 Å². The molecular formula is C12H15BBr2O2. The van der Waals surface area contributed by atoms with Gasteiger partial charge in [-0.05, 0) is 51.4 Å². The van der Waals surface area contributed by atoms with Crippen LogP contribution in [0.4, 0.5) is 0 Å². The van der Waals surface area contributed by atoms with E-state index in [1.165, 1.54) is 0 Å². The monoisotopic (exact) mass is 360 g/mol. The zero-order chi connectivity index (χ0) is 12.8. The summed E-state index contributed by atoms with van der Waals surface area (Å²) in [6.45, 7) is 8.22. The summed E-state index contributed by atoms with van der Waals surface area (Å²) >= 11 is 6.95. The standard InChI is InChI=1S/C12H15BBr2O2/c1-11(2)12(3,4)17-13(16-11)8-5-9(14)7-10(15)6-8/h5-7H,1-4H3. The average molecular weight is 362 g/mol. The van der Waals surface area contributed by atoms with E-state index in [1.54, 1.807) is 0 Å². The summed E-state index contributed by atoms with van der Waals surface area (Å²) in [6.07, 6.45) is 0. The molecule has 1 saturated heterocycles. The summed E-state index contributed by atoms with van der Waals surface area (Å²) in [5.41, 5.74) is 0.420. The highest BCUT2D eigenvalue weighted by Crippen LogP contribution is 2.36. The van der Waals surface area contributed by atoms with E-state index in [9.17, 15) is 0 Å². The highest BCUT2D eigenvalue weighted by molar-refractivity contribution is 9.11. The Morgan fingerprint density at radius 3 is 1.71 bits per heavy atom. The zero-order valence-corrected chi connectivity index (χ0v) is 13.6. The second-order valence-electron chi connectivity index (χ2n) is 5.29. The summed E-state index contributed by atoms with van der Waals surface area (Å²) in [7, 11) is -0.311. The first-order valence-electron chi connectivity index (χ1n) is 5.53. The number of hydrogen-bond acceptors (Lipinski definition) is 2. The Kier molecular flexibility index (Phi) is 3.49. The molecular weight excluding hydrogens is 347 g/mol. The lowest BCUT2D eigenvalue weighted by atomic mass is 9.79. The smallest absolute Gasteiger partial charge is 0.399 e. The van der Waals surface area contributed by atoms with Crippen LogP contribution in [-0.2, 0) is 9.31 Å². The van der Waals surface area contributed by atoms with Crippen molar-refractivity contribution in [1.29, 1.82) is 0 Å². The van der Waals surface area contributed by atoms with Gasteiger partial charge in [0.15, 0.2) is 0 Å². The van der Waals surface area contributed by atoms with Crippen LogP contribution in [0.3, 0.4) is 0 Å². The molecule has 5 heteroatoms. The maximum Gasteiger partial charge on any atom is 0.494 e. The lowest BCUT2D eigenvalue weighted by molar-refractivity contribution is 0.00578. The van der Waals surface area contributed by atoms with Gasteiger partial charge in [-0.2, -0.15) is 0 Å². The van der Waals surface area contributed by atoms with Gasteiger partial charge >= 0.3 is 7.12 Å². The van der Waals surface area contributed by atoms with E-state index in [0.717, 1.165) is 14.4 Å². The number of halogens is 2. The summed E-state index contributed by atoms with van der Waals surface area (Å²) in [6, 6.07) is 6.04. The molecule has 0 aliphatic carbocycles. The third-order valence-electron chi connectivity index (χ3n) is 3.41. The Balaban J connectivity index is 2.32. The van der Waals surface area contributed by atoms with Crippen molar-refractivity contribution < 1.29 is 9.31 Å². The van der Waals surface area contributed by atoms with Gasteiger partial charge < -0.3 is 9.31 Å². The molecule has 1 aromatic rings. The van der Waals surface area contributed by atoms with E-state index in [2.05, 4.69) is 59.6 Å². The lowest BCUT2D eigenvalue weighted by Gasteiger charge is -2.32. The van der Waals surface area contributed by atoms with E-state index >= 15 is 0 Å². The van der Waals surface area contributed by atoms with Gasteiger partial charge in [-0.3, -0.25) is 0 Å². The Morgan fingerprint density at radius 1 is 0.882 bits per heavy atom. The van der Waals surface area contributed by atoms with Gasteiger partial charge in [0.25, 0.3) is 0 Å². The Labute approximate surface area is 119 Å². The first-order chi connectivity index (χ1) is 7.71. The molecule has 2 rings (SSSR count). The Hall–Kier alpha value is 0.165. The van der Waals surface area contributed by atoms with Gasteiger partial charge in [0.05, 0.1) is 11.2 Å². The van der Waals surface area contributed by atoms with Crippen LogP contribution >= 0.6 is 31.9 Å². The molecule has 0 aromatic heterocycles. The summed E-state index contributed by atoms with van der Waals surface area (Å²) in [5.74, 6) is 0. The molecule has 0 amide bonds. The van der Waals surface area contributed by atoms with Crippen molar-refractivity contribution in [2.45, 2.75) is 38.9 Å². The van der Waals surface area contributed by atoms with E-state index in [0.29, 0.717) is 0 Å². The maximum absolute atomic E-state index is 6.00. The predicted octanol–water partition coefficient (Wildman–Crippen LogP) is 3.51. The highest BCUT2D eigenvalue weighted by Gasteiger charge is 2.51. The molecule has 1 fully saturated rings. The van der Waals surface area contributed by atoms with E-state index in [-0.39, 0.29) is 18.3 Å². The van der Waals surface area contributed by atoms with Crippen molar-refractivity contribution in [3.8, 4) is 0 Å². The first-order valence-corrected chi connectivity index (χ1v) is 7.11. The molecule has 0 spiro atoms. The van der Waals surface area contributed by atoms with Gasteiger partial charge in [0.1, 0.15) is 0 Å². The second kappa shape index (κ2) is 4.37. The largest absolute Gasteiger partial charge is 0.494 e. The van der Waals surface area contributed by atoms with Crippen molar-refractivity contribution >= 4 is 44.4 Å². The fourth-order valence-electron chi connectivity index (χ4n) is 1.69. The third-order valence-corrected chi connectivity index (χ3v) is 4.33. The molecule has 1 aromatic carbocycles. The summed E-state index contributed by atoms with van der Waals surface area (Å²) in [4.78, 5) is 0. The van der Waals surface area contributed by atoms with Crippen LogP contribution in [-0.4, -0.2) is 18.3 Å². The highest BCUT2D eigenvalue weighted by atomic mass is 79.9. The lowest BCUT2D eigenvalue weighted by Crippen LogP contribution is -2.41. The minimum atomic E-state index is -0.311. The molecule has 0 bridgehead atoms. The maximum atomic E-state index is 6.00. The SMILES string of the molecule is CC1(C)OB(c2cc(Br)cc(Br)c2)OC1(C)C. The molecule has 2 nitrogen and oxygen atoms in total. The minimum Gasteiger partial charge on any atom is -0.399 e. The molecule has 17 heavy (non-hydrogen) atoms. The molecule has 92 valence electrons. The average Bonchev–Trinajstić information content (AvgIpc) is 2.34. The fourth-order valence-corrected chi connectivity index (χ4v) is 3.02. The van der Waals surface area contributed by atoms with Crippen molar-refractivity contribution in [3.05, 3.63) is 27.1 Å². The van der Waals surface area contributed by atoms with Crippen molar-refractivity contribution in [1.82, 2.24) is 0 Å². The van der Waals surface area contributed by atoms with Crippen LogP contribution in [0.2, 0.25) is 0 Å². The molecule has 0 atom stereocenters. The zero-order valence-electron chi connectivity index (χ0n) is 10.4. The third kappa shape index (κ3) is 2.62. The quantitative estimate of drug-likeness (QED) is 0.713. The molecule has 1 aliphatic heterocycles. The topological polar surface area (TPSA) is 18.5 Å². The van der Waals surface area contributed by atoms with Crippen LogP contribution in [0.15, 0.2) is 27.1 Å². The predicted molar refractivity (Wildman–Crippen MR) is 77.6 cm³/mol. The van der Waals surface area contributed by atoms with Gasteiger partial charge in [-0.15, -0.1) is 0 Å². The fraction of sp³-hybridized carbons (Fsp3) is 0.500. The minimum absolute atomic E-state index is 0.299. The molecule has 1 aliphatic rings. The second-order valence-corrected chi connectivity index (χ2v) is 7.12. The van der Waals surface area contributed by atoms with Crippen molar-refractivity contribution in [2.24, 2.45) is 0 Å². The van der Waals surface area contributed by atoms with Crippen molar-refractivity contribution in [2.75, 3.05) is 0 Å². The summed E-state index contributed by atoms with van der Waals surface area (Å²) < 4.78 is 14.0. The molecule has 0 radical (unpaired) electrons. The normalized spacial score (nSPS) is 21.9. The Morgan fingerprint density at radius 2 is 1.29 bits per heavy atom. The number of rotatable bonds is 1. The van der Waals surface area contributed by atoms with Crippen LogP contribution in [0.1, 0.15) is 27.7 Å².